The maximum Gasteiger partial charge on any atom is 0.435 e. The zero-order valence-corrected chi connectivity index (χ0v) is 20.2. The lowest BCUT2D eigenvalue weighted by Gasteiger charge is -2.24. The molecule has 196 valence electrons. The van der Waals surface area contributed by atoms with E-state index >= 15 is 0 Å². The Balaban J connectivity index is 1.55. The lowest BCUT2D eigenvalue weighted by Crippen LogP contribution is -2.32. The van der Waals surface area contributed by atoms with Crippen LogP contribution >= 0.6 is 0 Å². The predicted molar refractivity (Wildman–Crippen MR) is 131 cm³/mol. The molecule has 8 nitrogen and oxygen atoms in total. The summed E-state index contributed by atoms with van der Waals surface area (Å²) >= 11 is 0. The van der Waals surface area contributed by atoms with Gasteiger partial charge in [-0.25, -0.2) is 0 Å². The Morgan fingerprint density at radius 1 is 0.973 bits per heavy atom. The minimum atomic E-state index is -4.54. The van der Waals surface area contributed by atoms with Crippen LogP contribution in [0.15, 0.2) is 60.7 Å². The number of nitrogens with zero attached hydrogens (tertiary/aromatic N) is 2. The molecular formula is C26H27F3N4O4. The number of anilines is 1. The first-order valence-electron chi connectivity index (χ1n) is 11.5. The van der Waals surface area contributed by atoms with Crippen LogP contribution in [-0.4, -0.2) is 46.4 Å². The van der Waals surface area contributed by atoms with E-state index in [1.54, 1.807) is 48.5 Å². The predicted octanol–water partition coefficient (Wildman–Crippen LogP) is 4.88. The number of hydrogen-bond donors (Lipinski definition) is 3. The summed E-state index contributed by atoms with van der Waals surface area (Å²) in [7, 11) is 0. The van der Waals surface area contributed by atoms with Crippen molar-refractivity contribution in [2.45, 2.75) is 32.5 Å². The van der Waals surface area contributed by atoms with Gasteiger partial charge in [0.15, 0.2) is 5.69 Å². The highest BCUT2D eigenvalue weighted by atomic mass is 19.4. The molecule has 0 fully saturated rings. The molecule has 11 heteroatoms. The van der Waals surface area contributed by atoms with Crippen molar-refractivity contribution in [2.24, 2.45) is 5.92 Å². The zero-order chi connectivity index (χ0) is 27.0. The molecule has 1 amide bonds. The van der Waals surface area contributed by atoms with Gasteiger partial charge in [-0.15, -0.1) is 10.2 Å². The number of nitrogens with one attached hydrogen (secondary N) is 2. The van der Waals surface area contributed by atoms with E-state index in [4.69, 9.17) is 9.84 Å². The van der Waals surface area contributed by atoms with Gasteiger partial charge in [0, 0.05) is 23.4 Å². The molecule has 1 atom stereocenters. The van der Waals surface area contributed by atoms with Crippen molar-refractivity contribution >= 4 is 17.6 Å². The second kappa shape index (κ2) is 12.2. The highest BCUT2D eigenvalue weighted by molar-refractivity contribution is 5.94. The Bertz CT molecular complexity index is 1180. The molecule has 3 rings (SSSR count). The van der Waals surface area contributed by atoms with Crippen molar-refractivity contribution in [3.05, 3.63) is 71.9 Å². The van der Waals surface area contributed by atoms with E-state index in [2.05, 4.69) is 20.8 Å². The van der Waals surface area contributed by atoms with Gasteiger partial charge in [-0.3, -0.25) is 9.59 Å². The Hall–Kier alpha value is -4.15. The number of carbonyl (C=O) groups excluding carboxylic acids is 1. The van der Waals surface area contributed by atoms with Gasteiger partial charge in [-0.1, -0.05) is 13.8 Å². The molecule has 0 bridgehead atoms. The molecule has 3 aromatic rings. The Kier molecular flexibility index (Phi) is 9.05. The molecule has 0 saturated heterocycles. The lowest BCUT2D eigenvalue weighted by atomic mass is 10.0. The van der Waals surface area contributed by atoms with E-state index in [0.29, 0.717) is 29.2 Å². The van der Waals surface area contributed by atoms with E-state index in [-0.39, 0.29) is 30.8 Å². The van der Waals surface area contributed by atoms with Gasteiger partial charge >= 0.3 is 12.1 Å². The number of ether oxygens (including phenoxy) is 1. The number of hydrogen-bond acceptors (Lipinski definition) is 6. The normalized spacial score (nSPS) is 12.2. The summed E-state index contributed by atoms with van der Waals surface area (Å²) in [6.07, 6.45) is -4.68. The van der Waals surface area contributed by atoms with Crippen LogP contribution in [0, 0.1) is 5.92 Å². The largest absolute Gasteiger partial charge is 0.491 e. The second-order valence-electron chi connectivity index (χ2n) is 8.61. The molecule has 0 saturated carbocycles. The van der Waals surface area contributed by atoms with Gasteiger partial charge in [-0.05, 0) is 66.6 Å². The summed E-state index contributed by atoms with van der Waals surface area (Å²) < 4.78 is 43.9. The third kappa shape index (κ3) is 8.19. The third-order valence-electron chi connectivity index (χ3n) is 5.46. The molecule has 0 aliphatic rings. The molecule has 3 N–H and O–H groups in total. The smallest absolute Gasteiger partial charge is 0.435 e. The van der Waals surface area contributed by atoms with E-state index in [9.17, 15) is 22.8 Å². The van der Waals surface area contributed by atoms with Gasteiger partial charge in [0.1, 0.15) is 12.4 Å². The first kappa shape index (κ1) is 27.4. The van der Waals surface area contributed by atoms with Crippen molar-refractivity contribution in [1.82, 2.24) is 15.5 Å². The second-order valence-corrected chi connectivity index (χ2v) is 8.61. The molecule has 1 aromatic heterocycles. The number of amides is 1. The molecule has 1 heterocycles. The number of carbonyl (C=O) groups is 2. The highest BCUT2D eigenvalue weighted by Gasteiger charge is 2.32. The Morgan fingerprint density at radius 2 is 1.65 bits per heavy atom. The summed E-state index contributed by atoms with van der Waals surface area (Å²) in [6.45, 7) is 4.48. The van der Waals surface area contributed by atoms with Crippen LogP contribution in [0.2, 0.25) is 0 Å². The Labute approximate surface area is 211 Å². The van der Waals surface area contributed by atoms with Crippen molar-refractivity contribution < 1.29 is 32.6 Å². The number of aromatic nitrogens is 2. The molecule has 0 aliphatic carbocycles. The molecule has 0 radical (unpaired) electrons. The van der Waals surface area contributed by atoms with Gasteiger partial charge in [-0.2, -0.15) is 13.2 Å². The fourth-order valence-electron chi connectivity index (χ4n) is 3.26. The average Bonchev–Trinajstić information content (AvgIpc) is 2.86. The number of aliphatic carboxylic acids is 1. The van der Waals surface area contributed by atoms with E-state index in [1.165, 1.54) is 6.07 Å². The van der Waals surface area contributed by atoms with Crippen LogP contribution in [-0.2, 0) is 11.0 Å². The van der Waals surface area contributed by atoms with Crippen LogP contribution in [0.4, 0.5) is 18.9 Å². The van der Waals surface area contributed by atoms with Crippen molar-refractivity contribution in [2.75, 3.05) is 18.5 Å². The minimum Gasteiger partial charge on any atom is -0.491 e. The first-order valence-corrected chi connectivity index (χ1v) is 11.5. The third-order valence-corrected chi connectivity index (χ3v) is 5.46. The lowest BCUT2D eigenvalue weighted by molar-refractivity contribution is -0.141. The van der Waals surface area contributed by atoms with Crippen molar-refractivity contribution in [3.8, 4) is 17.0 Å². The molecular weight excluding hydrogens is 489 g/mol. The highest BCUT2D eigenvalue weighted by Crippen LogP contribution is 2.28. The molecule has 0 spiro atoms. The molecule has 0 unspecified atom stereocenters. The number of rotatable bonds is 11. The number of carboxylic acid groups (broad SMARTS) is 1. The zero-order valence-electron chi connectivity index (χ0n) is 20.2. The van der Waals surface area contributed by atoms with Gasteiger partial charge < -0.3 is 20.5 Å². The summed E-state index contributed by atoms with van der Waals surface area (Å²) in [5.41, 5.74) is 1.10. The quantitative estimate of drug-likeness (QED) is 0.333. The van der Waals surface area contributed by atoms with Gasteiger partial charge in [0.05, 0.1) is 18.2 Å². The van der Waals surface area contributed by atoms with E-state index < -0.39 is 17.8 Å². The fourth-order valence-corrected chi connectivity index (χ4v) is 3.26. The van der Waals surface area contributed by atoms with Gasteiger partial charge in [0.25, 0.3) is 5.91 Å². The summed E-state index contributed by atoms with van der Waals surface area (Å²) in [5, 5.41) is 21.5. The summed E-state index contributed by atoms with van der Waals surface area (Å²) in [6, 6.07) is 15.8. The summed E-state index contributed by atoms with van der Waals surface area (Å²) in [5.74, 6) is -0.529. The Morgan fingerprint density at radius 3 is 2.19 bits per heavy atom. The first-order chi connectivity index (χ1) is 17.5. The van der Waals surface area contributed by atoms with Crippen LogP contribution in [0.5, 0.6) is 5.75 Å². The van der Waals surface area contributed by atoms with Crippen molar-refractivity contribution in [1.29, 1.82) is 0 Å². The monoisotopic (exact) mass is 516 g/mol. The van der Waals surface area contributed by atoms with E-state index in [1.807, 2.05) is 13.8 Å². The fraction of sp³-hybridized carbons (Fsp3) is 0.308. The summed E-state index contributed by atoms with van der Waals surface area (Å²) in [4.78, 5) is 22.7. The minimum absolute atomic E-state index is 0.0552. The standard InChI is InChI=1S/C26H27F3N4O4/c1-16(2)22(31-19-7-3-18(4-8-19)25(36)30-14-13-24(34)35)15-37-20-9-5-17(6-10-20)21-11-12-23(33-32-21)26(27,28)29/h3-12,16,22,31H,13-15H2,1-2H3,(H,30,36)(H,34,35)/t22-/m1/s1. The molecule has 2 aromatic carbocycles. The van der Waals surface area contributed by atoms with Crippen LogP contribution in [0.3, 0.4) is 0 Å². The van der Waals surface area contributed by atoms with Crippen molar-refractivity contribution in [3.63, 3.8) is 0 Å². The SMILES string of the molecule is CC(C)[C@@H](COc1ccc(-c2ccc(C(F)(F)F)nn2)cc1)Nc1ccc(C(=O)NCCC(=O)O)cc1. The van der Waals surface area contributed by atoms with E-state index in [0.717, 1.165) is 11.8 Å². The van der Waals surface area contributed by atoms with Crippen LogP contribution in [0.1, 0.15) is 36.3 Å². The number of benzene rings is 2. The maximum absolute atomic E-state index is 12.7. The topological polar surface area (TPSA) is 113 Å². The van der Waals surface area contributed by atoms with Crippen LogP contribution in [0.25, 0.3) is 11.3 Å². The molecule has 0 aliphatic heterocycles. The molecule has 37 heavy (non-hydrogen) atoms. The number of halogens is 3. The number of carboxylic acids is 1. The van der Waals surface area contributed by atoms with Crippen LogP contribution < -0.4 is 15.4 Å². The number of alkyl halides is 3. The average molecular weight is 517 g/mol. The maximum atomic E-state index is 12.7. The van der Waals surface area contributed by atoms with Gasteiger partial charge in [0.2, 0.25) is 0 Å².